The number of pyridine rings is 4. The number of aromatic nitrogens is 16. The van der Waals surface area contributed by atoms with E-state index in [4.69, 9.17) is 23.2 Å². The highest BCUT2D eigenvalue weighted by atomic mass is 79.9. The number of hydrogen-bond acceptors (Lipinski definition) is 18. The van der Waals surface area contributed by atoms with Crippen molar-refractivity contribution in [3.63, 3.8) is 0 Å². The van der Waals surface area contributed by atoms with Gasteiger partial charge in [0.05, 0.1) is 94.7 Å². The normalized spacial score (nSPS) is 10.3. The van der Waals surface area contributed by atoms with E-state index in [1.54, 1.807) is 126 Å². The number of halogens is 3. The van der Waals surface area contributed by atoms with Crippen LogP contribution in [0.2, 0.25) is 8.67 Å². The molecule has 0 spiro atoms. The van der Waals surface area contributed by atoms with Crippen LogP contribution in [0.25, 0.3) is 34.1 Å². The van der Waals surface area contributed by atoms with Crippen molar-refractivity contribution in [3.05, 3.63) is 381 Å². The summed E-state index contributed by atoms with van der Waals surface area (Å²) < 4.78 is 11.9. The van der Waals surface area contributed by atoms with E-state index in [1.807, 2.05) is 278 Å². The Kier molecular flexibility index (Phi) is 33.3. The first-order chi connectivity index (χ1) is 64.9. The quantitative estimate of drug-likeness (QED) is 0.0380. The van der Waals surface area contributed by atoms with Gasteiger partial charge in [-0.2, -0.15) is 30.6 Å². The third-order valence-electron chi connectivity index (χ3n) is 18.1. The van der Waals surface area contributed by atoms with Crippen LogP contribution in [0.1, 0.15) is 39.7 Å². The van der Waals surface area contributed by atoms with Crippen molar-refractivity contribution in [1.29, 1.82) is 0 Å². The summed E-state index contributed by atoms with van der Waals surface area (Å²) >= 11 is 17.9. The largest absolute Gasteiger partial charge is 0.326 e. The van der Waals surface area contributed by atoms with E-state index in [-0.39, 0.29) is 30.2 Å². The monoisotopic (exact) mass is 1930 g/mol. The lowest BCUT2D eigenvalue weighted by atomic mass is 10.3. The molecule has 0 aliphatic carbocycles. The number of urea groups is 6. The lowest BCUT2D eigenvalue weighted by molar-refractivity contribution is 0.261. The number of nitrogens with zero attached hydrogens (tertiary/aromatic N) is 16. The van der Waals surface area contributed by atoms with E-state index >= 15 is 0 Å². The first-order valence-corrected chi connectivity index (χ1v) is 44.2. The van der Waals surface area contributed by atoms with Gasteiger partial charge < -0.3 is 16.0 Å². The standard InChI is InChI=1S/C17H17N5O.3C16H15N5O.C15H13BrN4OS.C15H12Cl2N4OS/c1-12-8-9-15(18-11-12)19-17(23)20-16-10-13(2)21-22(16)14-6-4-3-5-7-14;1-12-10-15(21(20-12)14-7-3-2-4-8-14)19-16(22)18-13-6-5-9-17-11-13;1-12-11-15(21(20-12)13-7-3-2-4-8-13)19-16(22)18-14-9-5-6-10-17-14;1-12-11-15(21(20-12)14-5-3-2-4-6-14)19-16(22)18-13-7-9-17-10-8-13;1-10-9-13(20(19-10)11-5-3-2-4-6-11)17-15(21)18-14-12(16)7-8-22-14;1-9-7-13(21(20-9)10-5-3-2-4-6-10)19-15(22)18-11-8-12(16)23-14(11)17/h3-11H,1-2H3,(H2,18,19,20,23);2-11H,1H3,(H2,18,19,22);2*2-11H,1H3,(H2,17,18,19,22);2-9H,1H3,(H2,17,18,21);2-8H,1H3,(H2,18,19,22). The van der Waals surface area contributed by atoms with E-state index in [0.717, 1.165) is 83.3 Å². The van der Waals surface area contributed by atoms with Gasteiger partial charge in [-0.3, -0.25) is 57.8 Å². The number of thiophene rings is 2. The van der Waals surface area contributed by atoms with Gasteiger partial charge in [0.15, 0.2) is 0 Å². The van der Waals surface area contributed by atoms with Crippen LogP contribution in [-0.2, 0) is 0 Å². The van der Waals surface area contributed by atoms with Gasteiger partial charge in [-0.25, -0.2) is 66.8 Å². The Morgan fingerprint density at radius 1 is 0.299 bits per heavy atom. The van der Waals surface area contributed by atoms with Gasteiger partial charge in [-0.1, -0.05) is 145 Å². The zero-order valence-electron chi connectivity index (χ0n) is 72.7. The van der Waals surface area contributed by atoms with Crippen molar-refractivity contribution in [2.75, 3.05) is 63.8 Å². The predicted molar refractivity (Wildman–Crippen MR) is 534 cm³/mol. The molecular weight excluding hydrogens is 1840 g/mol. The highest BCUT2D eigenvalue weighted by molar-refractivity contribution is 9.10. The first-order valence-electron chi connectivity index (χ1n) is 41.0. The average molecular weight is 1930 g/mol. The summed E-state index contributed by atoms with van der Waals surface area (Å²) in [6, 6.07) is 85.9. The minimum atomic E-state index is -0.418. The second kappa shape index (κ2) is 47.0. The number of rotatable bonds is 18. The molecule has 0 saturated carbocycles. The molecule has 0 radical (unpaired) electrons. The molecule has 0 fully saturated rings. The zero-order valence-corrected chi connectivity index (χ0v) is 77.5. The molecular formula is C95H87BrCl2N28O6S2. The predicted octanol–water partition coefficient (Wildman–Crippen LogP) is 23.0. The Bertz CT molecular complexity index is 6580. The first kappa shape index (κ1) is 94.9. The van der Waals surface area contributed by atoms with Gasteiger partial charge in [-0.05, 0) is 203 Å². The van der Waals surface area contributed by atoms with Gasteiger partial charge >= 0.3 is 36.2 Å². The molecule has 12 amide bonds. The topological polar surface area (TPSA) is 405 Å². The fourth-order valence-electron chi connectivity index (χ4n) is 12.4. The van der Waals surface area contributed by atoms with Gasteiger partial charge in [0.2, 0.25) is 0 Å². The summed E-state index contributed by atoms with van der Waals surface area (Å²) in [6.07, 6.45) is 9.79. The number of amides is 12. The van der Waals surface area contributed by atoms with E-state index in [0.29, 0.717) is 72.3 Å². The SMILES string of the molecule is Cc1cc(NC(=O)Nc2cc(Cl)sc2Cl)n(-c2ccccc2)n1.Cc1cc(NC(=O)Nc2ccccn2)n(-c2ccccc2)n1.Cc1cc(NC(=O)Nc2cccnc2)n(-c2ccccc2)n1.Cc1cc(NC(=O)Nc2ccncc2)n(-c2ccccc2)n1.Cc1cc(NC(=O)Nc2sccc2Br)n(-c2ccccc2)n1.Cc1ccc(NC(=O)Nc2cc(C)nn2-c2ccccc2)nc1. The number of carbonyl (C=O) groups excluding carboxylic acids is 6. The van der Waals surface area contributed by atoms with E-state index in [2.05, 4.69) is 130 Å². The lowest BCUT2D eigenvalue weighted by Crippen LogP contribution is -2.21. The second-order valence-electron chi connectivity index (χ2n) is 28.7. The van der Waals surface area contributed by atoms with Gasteiger partial charge in [-0.15, -0.1) is 22.7 Å². The molecule has 18 rings (SSSR count). The maximum absolute atomic E-state index is 12.2. The lowest BCUT2D eigenvalue weighted by Gasteiger charge is -2.09. The summed E-state index contributed by atoms with van der Waals surface area (Å²) in [5.41, 5.74) is 13.0. The molecule has 0 saturated heterocycles. The summed E-state index contributed by atoms with van der Waals surface area (Å²) in [4.78, 5) is 88.8. The van der Waals surface area contributed by atoms with E-state index in [9.17, 15) is 28.8 Å². The summed E-state index contributed by atoms with van der Waals surface area (Å²) in [7, 11) is 0. The maximum atomic E-state index is 12.2. The third-order valence-corrected chi connectivity index (χ3v) is 21.4. The van der Waals surface area contributed by atoms with Crippen LogP contribution in [0.3, 0.4) is 0 Å². The van der Waals surface area contributed by atoms with Gasteiger partial charge in [0.25, 0.3) is 0 Å². The van der Waals surface area contributed by atoms with Crippen LogP contribution >= 0.6 is 61.8 Å². The molecule has 6 aromatic carbocycles. The van der Waals surface area contributed by atoms with Crippen LogP contribution < -0.4 is 63.8 Å². The number of carbonyl (C=O) groups is 6. The van der Waals surface area contributed by atoms with Crippen molar-refractivity contribution in [3.8, 4) is 34.1 Å². The fraction of sp³-hybridized carbons (Fsp3) is 0.0737. The number of hydrogen-bond donors (Lipinski definition) is 12. The summed E-state index contributed by atoms with van der Waals surface area (Å²) in [5, 5.41) is 62.2. The van der Waals surface area contributed by atoms with E-state index in [1.165, 1.54) is 22.7 Å². The Morgan fingerprint density at radius 3 is 0.940 bits per heavy atom. The molecule has 12 aromatic heterocycles. The van der Waals surface area contributed by atoms with Gasteiger partial charge in [0, 0.05) is 73.1 Å². The Morgan fingerprint density at radius 2 is 0.634 bits per heavy atom. The maximum Gasteiger partial charge on any atom is 0.326 e. The summed E-state index contributed by atoms with van der Waals surface area (Å²) in [5.74, 6) is 4.56. The van der Waals surface area contributed by atoms with Crippen molar-refractivity contribution in [2.45, 2.75) is 48.5 Å². The molecule has 0 unspecified atom stereocenters. The zero-order chi connectivity index (χ0) is 94.2. The Balaban J connectivity index is 0.000000136. The van der Waals surface area contributed by atoms with Crippen molar-refractivity contribution >= 4 is 167 Å². The van der Waals surface area contributed by atoms with E-state index < -0.39 is 6.03 Å². The van der Waals surface area contributed by atoms with Crippen LogP contribution in [0.4, 0.5) is 97.4 Å². The Hall–Kier alpha value is -16.7. The van der Waals surface area contributed by atoms with Crippen molar-refractivity contribution < 1.29 is 28.8 Å². The van der Waals surface area contributed by atoms with Crippen LogP contribution in [0.15, 0.2) is 332 Å². The molecule has 0 bridgehead atoms. The van der Waals surface area contributed by atoms with Crippen LogP contribution in [0, 0.1) is 48.5 Å². The molecule has 39 heteroatoms. The molecule has 18 aromatic rings. The smallest absolute Gasteiger partial charge is 0.308 e. The fourth-order valence-corrected chi connectivity index (χ4v) is 15.1. The third kappa shape index (κ3) is 28.1. The number of benzene rings is 6. The number of aryl methyl sites for hydroxylation is 7. The molecule has 34 nitrogen and oxygen atoms in total. The van der Waals surface area contributed by atoms with Gasteiger partial charge in [0.1, 0.15) is 55.9 Å². The molecule has 12 heterocycles. The van der Waals surface area contributed by atoms with Crippen molar-refractivity contribution in [2.24, 2.45) is 0 Å². The molecule has 12 N–H and O–H groups in total. The minimum absolute atomic E-state index is 0.305. The number of anilines is 12. The molecule has 0 aliphatic rings. The van der Waals surface area contributed by atoms with Crippen molar-refractivity contribution in [1.82, 2.24) is 78.6 Å². The molecule has 676 valence electrons. The number of nitrogens with one attached hydrogen (secondary N) is 12. The molecule has 0 atom stereocenters. The average Bonchev–Trinajstić information content (AvgIpc) is 1.71. The second-order valence-corrected chi connectivity index (χ2v) is 32.8. The molecule has 0 aliphatic heterocycles. The van der Waals surface area contributed by atoms with Crippen LogP contribution in [0.5, 0.6) is 0 Å². The summed E-state index contributed by atoms with van der Waals surface area (Å²) in [6.45, 7) is 13.2. The minimum Gasteiger partial charge on any atom is -0.308 e. The van der Waals surface area contributed by atoms with Crippen LogP contribution in [-0.4, -0.2) is 115 Å². The Labute approximate surface area is 795 Å². The number of para-hydroxylation sites is 6. The highest BCUT2D eigenvalue weighted by Gasteiger charge is 2.20. The molecule has 134 heavy (non-hydrogen) atoms. The highest BCUT2D eigenvalue weighted by Crippen LogP contribution is 2.36.